The minimum absolute atomic E-state index is 0.218. The Balaban J connectivity index is 1.60. The van der Waals surface area contributed by atoms with Crippen LogP contribution in [0, 0.1) is 12.8 Å². The Bertz CT molecular complexity index is 1020. The molecular weight excluding hydrogens is 437 g/mol. The van der Waals surface area contributed by atoms with E-state index in [1.54, 1.807) is 24.4 Å². The maximum absolute atomic E-state index is 12.7. The maximum Gasteiger partial charge on any atom is 0.471 e. The van der Waals surface area contributed by atoms with Gasteiger partial charge in [-0.05, 0) is 49.1 Å². The lowest BCUT2D eigenvalue weighted by Crippen LogP contribution is -2.30. The summed E-state index contributed by atoms with van der Waals surface area (Å²) in [6.45, 7) is 2.31. The highest BCUT2D eigenvalue weighted by molar-refractivity contribution is 6.07. The van der Waals surface area contributed by atoms with Crippen molar-refractivity contribution < 1.29 is 27.6 Å². The van der Waals surface area contributed by atoms with Gasteiger partial charge in [-0.15, -0.1) is 0 Å². The molecule has 3 amide bonds. The second-order valence-corrected chi connectivity index (χ2v) is 8.06. The van der Waals surface area contributed by atoms with Crippen molar-refractivity contribution in [2.45, 2.75) is 45.2 Å². The van der Waals surface area contributed by atoms with E-state index in [1.807, 2.05) is 0 Å². The van der Waals surface area contributed by atoms with Crippen LogP contribution in [0.2, 0.25) is 0 Å². The first-order chi connectivity index (χ1) is 15.6. The van der Waals surface area contributed by atoms with E-state index in [0.29, 0.717) is 23.6 Å². The average Bonchev–Trinajstić information content (AvgIpc) is 3.28. The third-order valence-corrected chi connectivity index (χ3v) is 5.58. The number of benzene rings is 1. The summed E-state index contributed by atoms with van der Waals surface area (Å²) in [5.74, 6) is -2.54. The predicted octanol–water partition coefficient (Wildman–Crippen LogP) is 4.45. The molecule has 0 saturated heterocycles. The zero-order chi connectivity index (χ0) is 24.0. The fourth-order valence-corrected chi connectivity index (χ4v) is 3.73. The molecule has 0 bridgehead atoms. The molecule has 10 heteroatoms. The van der Waals surface area contributed by atoms with Crippen LogP contribution in [0.15, 0.2) is 36.5 Å². The molecule has 176 valence electrons. The van der Waals surface area contributed by atoms with E-state index in [1.165, 1.54) is 37.8 Å². The van der Waals surface area contributed by atoms with Gasteiger partial charge in [0.2, 0.25) is 0 Å². The number of aromatic nitrogens is 1. The highest BCUT2D eigenvalue weighted by Crippen LogP contribution is 2.27. The smallest absolute Gasteiger partial charge is 0.352 e. The number of rotatable bonds is 7. The lowest BCUT2D eigenvalue weighted by molar-refractivity contribution is -0.167. The van der Waals surface area contributed by atoms with Crippen LogP contribution in [-0.4, -0.2) is 35.4 Å². The molecule has 0 aliphatic heterocycles. The van der Waals surface area contributed by atoms with E-state index in [4.69, 9.17) is 0 Å². The van der Waals surface area contributed by atoms with Crippen molar-refractivity contribution in [1.82, 2.24) is 10.3 Å². The first-order valence-corrected chi connectivity index (χ1v) is 10.7. The summed E-state index contributed by atoms with van der Waals surface area (Å²) in [5.41, 5.74) is 1.52. The molecule has 3 rings (SSSR count). The monoisotopic (exact) mass is 462 g/mol. The number of anilines is 2. The molecular formula is C23H25F3N4O3. The summed E-state index contributed by atoms with van der Waals surface area (Å²) in [5, 5.41) is 7.11. The summed E-state index contributed by atoms with van der Waals surface area (Å²) in [6.07, 6.45) is 1.94. The molecule has 0 unspecified atom stereocenters. The summed E-state index contributed by atoms with van der Waals surface area (Å²) < 4.78 is 36.9. The number of alkyl halides is 3. The highest BCUT2D eigenvalue weighted by atomic mass is 19.4. The lowest BCUT2D eigenvalue weighted by Gasteiger charge is -2.12. The molecule has 0 spiro atoms. The van der Waals surface area contributed by atoms with Crippen LogP contribution < -0.4 is 16.0 Å². The predicted molar refractivity (Wildman–Crippen MR) is 117 cm³/mol. The zero-order valence-electron chi connectivity index (χ0n) is 18.1. The molecule has 1 saturated carbocycles. The van der Waals surface area contributed by atoms with Gasteiger partial charge in [-0.1, -0.05) is 31.7 Å². The van der Waals surface area contributed by atoms with Crippen LogP contribution in [-0.2, 0) is 4.79 Å². The number of aryl methyl sites for hydroxylation is 1. The van der Waals surface area contributed by atoms with Crippen LogP contribution in [0.3, 0.4) is 0 Å². The van der Waals surface area contributed by atoms with Gasteiger partial charge in [0.1, 0.15) is 5.82 Å². The van der Waals surface area contributed by atoms with Gasteiger partial charge in [-0.25, -0.2) is 4.98 Å². The van der Waals surface area contributed by atoms with Gasteiger partial charge in [-0.3, -0.25) is 14.4 Å². The number of carbonyl (C=O) groups is 3. The number of hydrogen-bond acceptors (Lipinski definition) is 4. The quantitative estimate of drug-likeness (QED) is 0.566. The van der Waals surface area contributed by atoms with E-state index < -0.39 is 18.0 Å². The Kier molecular flexibility index (Phi) is 7.67. The van der Waals surface area contributed by atoms with Gasteiger partial charge in [0.05, 0.1) is 11.9 Å². The minimum atomic E-state index is -5.03. The van der Waals surface area contributed by atoms with Crippen molar-refractivity contribution in [3.05, 3.63) is 53.2 Å². The lowest BCUT2D eigenvalue weighted by atomic mass is 10.0. The van der Waals surface area contributed by atoms with E-state index >= 15 is 0 Å². The number of pyridine rings is 1. The number of nitrogens with one attached hydrogen (secondary N) is 3. The molecule has 0 atom stereocenters. The second kappa shape index (κ2) is 10.5. The summed E-state index contributed by atoms with van der Waals surface area (Å²) in [6, 6.07) is 7.28. The molecule has 1 aromatic carbocycles. The molecule has 7 nitrogen and oxygen atoms in total. The van der Waals surface area contributed by atoms with E-state index in [2.05, 4.69) is 15.6 Å². The van der Waals surface area contributed by atoms with Crippen LogP contribution in [0.5, 0.6) is 0 Å². The summed E-state index contributed by atoms with van der Waals surface area (Å²) >= 11 is 0. The molecule has 1 aliphatic rings. The van der Waals surface area contributed by atoms with Gasteiger partial charge in [0.25, 0.3) is 11.8 Å². The SMILES string of the molecule is Cc1ccc(C(=O)NCCC2CCCC2)cc1C(=O)Nc1ccc(NC(=O)C(F)(F)F)nc1. The van der Waals surface area contributed by atoms with Crippen LogP contribution >= 0.6 is 0 Å². The van der Waals surface area contributed by atoms with Gasteiger partial charge in [-0.2, -0.15) is 13.2 Å². The fraction of sp³-hybridized carbons (Fsp3) is 0.391. The molecule has 1 fully saturated rings. The number of hydrogen-bond donors (Lipinski definition) is 3. The Morgan fingerprint density at radius 1 is 1.03 bits per heavy atom. The van der Waals surface area contributed by atoms with Crippen molar-refractivity contribution in [2.75, 3.05) is 17.2 Å². The maximum atomic E-state index is 12.7. The third kappa shape index (κ3) is 6.77. The number of halogens is 3. The van der Waals surface area contributed by atoms with Crippen molar-refractivity contribution in [3.8, 4) is 0 Å². The van der Waals surface area contributed by atoms with Crippen molar-refractivity contribution in [3.63, 3.8) is 0 Å². The summed E-state index contributed by atoms with van der Waals surface area (Å²) in [7, 11) is 0. The number of nitrogens with zero attached hydrogens (tertiary/aromatic N) is 1. The van der Waals surface area contributed by atoms with Crippen molar-refractivity contribution >= 4 is 29.2 Å². The molecule has 33 heavy (non-hydrogen) atoms. The average molecular weight is 462 g/mol. The molecule has 1 aliphatic carbocycles. The summed E-state index contributed by atoms with van der Waals surface area (Å²) in [4.78, 5) is 39.9. The van der Waals surface area contributed by atoms with E-state index in [-0.39, 0.29) is 23.0 Å². The molecule has 3 N–H and O–H groups in total. The normalized spacial score (nSPS) is 14.1. The Labute approximate surface area is 189 Å². The van der Waals surface area contributed by atoms with Crippen LogP contribution in [0.25, 0.3) is 0 Å². The van der Waals surface area contributed by atoms with Gasteiger partial charge in [0, 0.05) is 17.7 Å². The van der Waals surface area contributed by atoms with Crippen LogP contribution in [0.1, 0.15) is 58.4 Å². The van der Waals surface area contributed by atoms with E-state index in [9.17, 15) is 27.6 Å². The Hall–Kier alpha value is -3.43. The molecule has 0 radical (unpaired) electrons. The minimum Gasteiger partial charge on any atom is -0.352 e. The van der Waals surface area contributed by atoms with Gasteiger partial charge in [0.15, 0.2) is 0 Å². The molecule has 1 heterocycles. The molecule has 2 aromatic rings. The Morgan fingerprint density at radius 3 is 2.39 bits per heavy atom. The van der Waals surface area contributed by atoms with Crippen molar-refractivity contribution in [2.24, 2.45) is 5.92 Å². The number of carbonyl (C=O) groups excluding carboxylic acids is 3. The number of amides is 3. The zero-order valence-corrected chi connectivity index (χ0v) is 18.1. The van der Waals surface area contributed by atoms with Gasteiger partial charge < -0.3 is 16.0 Å². The highest BCUT2D eigenvalue weighted by Gasteiger charge is 2.38. The largest absolute Gasteiger partial charge is 0.471 e. The first kappa shape index (κ1) is 24.2. The fourth-order valence-electron chi connectivity index (χ4n) is 3.73. The topological polar surface area (TPSA) is 100 Å². The van der Waals surface area contributed by atoms with E-state index in [0.717, 1.165) is 18.7 Å². The second-order valence-electron chi connectivity index (χ2n) is 8.06. The first-order valence-electron chi connectivity index (χ1n) is 10.7. The standard InChI is InChI=1S/C23H25F3N4O3/c1-14-6-7-16(20(31)27-11-10-15-4-2-3-5-15)12-18(14)21(32)29-17-8-9-19(28-13-17)30-22(33)23(24,25)26/h6-9,12-13,15H,2-5,10-11H2,1H3,(H,27,31)(H,29,32)(H,28,30,33). The Morgan fingerprint density at radius 2 is 1.76 bits per heavy atom. The van der Waals surface area contributed by atoms with Gasteiger partial charge >= 0.3 is 12.1 Å². The third-order valence-electron chi connectivity index (χ3n) is 5.58. The van der Waals surface area contributed by atoms with Crippen LogP contribution in [0.4, 0.5) is 24.7 Å². The van der Waals surface area contributed by atoms with Crippen molar-refractivity contribution in [1.29, 1.82) is 0 Å². The molecule has 1 aromatic heterocycles.